The number of rotatable bonds is 3. The monoisotopic (exact) mass is 160 g/mol. The van der Waals surface area contributed by atoms with Gasteiger partial charge in [-0.3, -0.25) is 4.79 Å². The Hall–Kier alpha value is -1.06. The third-order valence-corrected chi connectivity index (χ3v) is 0.961. The summed E-state index contributed by atoms with van der Waals surface area (Å²) in [6.07, 6.45) is -0.799. The van der Waals surface area contributed by atoms with Crippen LogP contribution in [0.5, 0.6) is 0 Å². The second kappa shape index (κ2) is 4.71. The minimum absolute atomic E-state index is 0.296. The first-order chi connectivity index (χ1) is 5.07. The molecule has 1 atom stereocenters. The number of ether oxygens (including phenoxy) is 2. The minimum Gasteiger partial charge on any atom is -0.463 e. The van der Waals surface area contributed by atoms with E-state index in [1.54, 1.807) is 6.92 Å². The summed E-state index contributed by atoms with van der Waals surface area (Å²) in [5.41, 5.74) is 0. The van der Waals surface area contributed by atoms with E-state index in [0.717, 1.165) is 0 Å². The first kappa shape index (κ1) is 9.94. The highest BCUT2D eigenvalue weighted by atomic mass is 16.6. The van der Waals surface area contributed by atoms with E-state index in [-0.39, 0.29) is 0 Å². The second-order valence-corrected chi connectivity index (χ2v) is 2.00. The normalized spacial score (nSPS) is 11.9. The summed E-state index contributed by atoms with van der Waals surface area (Å²) in [7, 11) is 0. The van der Waals surface area contributed by atoms with Gasteiger partial charge >= 0.3 is 11.9 Å². The van der Waals surface area contributed by atoms with Crippen molar-refractivity contribution in [1.29, 1.82) is 0 Å². The maximum atomic E-state index is 10.8. The summed E-state index contributed by atoms with van der Waals surface area (Å²) >= 11 is 0. The van der Waals surface area contributed by atoms with E-state index in [1.165, 1.54) is 13.8 Å². The van der Waals surface area contributed by atoms with Crippen molar-refractivity contribution < 1.29 is 19.1 Å². The summed E-state index contributed by atoms with van der Waals surface area (Å²) in [5, 5.41) is 0. The predicted octanol–water partition coefficient (Wildman–Crippen LogP) is 0.501. The Bertz CT molecular complexity index is 153. The van der Waals surface area contributed by atoms with Crippen molar-refractivity contribution in [2.75, 3.05) is 6.61 Å². The van der Waals surface area contributed by atoms with Crippen LogP contribution in [-0.4, -0.2) is 24.6 Å². The van der Waals surface area contributed by atoms with Gasteiger partial charge in [-0.2, -0.15) is 0 Å². The Morgan fingerprint density at radius 1 is 1.45 bits per heavy atom. The van der Waals surface area contributed by atoms with Crippen LogP contribution in [0.3, 0.4) is 0 Å². The largest absolute Gasteiger partial charge is 0.463 e. The molecule has 0 aliphatic heterocycles. The lowest BCUT2D eigenvalue weighted by Crippen LogP contribution is -2.25. The van der Waals surface area contributed by atoms with Crippen LogP contribution in [0, 0.1) is 0 Å². The summed E-state index contributed by atoms with van der Waals surface area (Å²) < 4.78 is 9.14. The smallest absolute Gasteiger partial charge is 0.347 e. The quantitative estimate of drug-likeness (QED) is 0.564. The molecule has 0 saturated carbocycles. The van der Waals surface area contributed by atoms with Crippen molar-refractivity contribution in [3.8, 4) is 0 Å². The van der Waals surface area contributed by atoms with E-state index in [0.29, 0.717) is 6.61 Å². The summed E-state index contributed by atoms with van der Waals surface area (Å²) in [4.78, 5) is 21.1. The Kier molecular flexibility index (Phi) is 4.26. The highest BCUT2D eigenvalue weighted by molar-refractivity contribution is 5.78. The van der Waals surface area contributed by atoms with Crippen LogP contribution in [0.15, 0.2) is 0 Å². The zero-order valence-corrected chi connectivity index (χ0v) is 6.92. The maximum absolute atomic E-state index is 10.8. The minimum atomic E-state index is -0.799. The fraction of sp³-hybridized carbons (Fsp3) is 0.714. The average molecular weight is 160 g/mol. The van der Waals surface area contributed by atoms with Crippen LogP contribution in [0.4, 0.5) is 0 Å². The lowest BCUT2D eigenvalue weighted by atomic mass is 10.4. The number of esters is 2. The summed E-state index contributed by atoms with van der Waals surface area (Å²) in [5.74, 6) is -0.992. The van der Waals surface area contributed by atoms with Crippen molar-refractivity contribution in [3.05, 3.63) is 0 Å². The van der Waals surface area contributed by atoms with Crippen LogP contribution in [0.25, 0.3) is 0 Å². The van der Waals surface area contributed by atoms with Crippen molar-refractivity contribution >= 4 is 11.9 Å². The highest BCUT2D eigenvalue weighted by Gasteiger charge is 2.15. The third kappa shape index (κ3) is 4.36. The first-order valence-electron chi connectivity index (χ1n) is 3.41. The van der Waals surface area contributed by atoms with Gasteiger partial charge in [0.05, 0.1) is 6.61 Å². The molecule has 0 amide bonds. The fourth-order valence-corrected chi connectivity index (χ4v) is 0.557. The summed E-state index contributed by atoms with van der Waals surface area (Å²) in [6.45, 7) is 4.71. The van der Waals surface area contributed by atoms with Crippen molar-refractivity contribution in [1.82, 2.24) is 0 Å². The predicted molar refractivity (Wildman–Crippen MR) is 37.9 cm³/mol. The van der Waals surface area contributed by atoms with E-state index in [4.69, 9.17) is 0 Å². The molecule has 0 aromatic rings. The molecule has 64 valence electrons. The van der Waals surface area contributed by atoms with Crippen LogP contribution >= 0.6 is 0 Å². The lowest BCUT2D eigenvalue weighted by Gasteiger charge is -2.09. The van der Waals surface area contributed by atoms with E-state index in [1.807, 2.05) is 0 Å². The maximum Gasteiger partial charge on any atom is 0.347 e. The molecule has 0 bridgehead atoms. The summed E-state index contributed by atoms with van der Waals surface area (Å²) in [6, 6.07) is 0. The molecule has 1 unspecified atom stereocenters. The van der Waals surface area contributed by atoms with Gasteiger partial charge in [0.1, 0.15) is 0 Å². The SMILES string of the molecule is CCOC(=O)C(C)OC(C)=O. The fourth-order valence-electron chi connectivity index (χ4n) is 0.557. The Morgan fingerprint density at radius 2 is 2.00 bits per heavy atom. The Balaban J connectivity index is 3.73. The number of hydrogen-bond donors (Lipinski definition) is 0. The van der Waals surface area contributed by atoms with E-state index in [2.05, 4.69) is 9.47 Å². The number of carbonyl (C=O) groups excluding carboxylic acids is 2. The standard InChI is InChI=1S/C7H12O4/c1-4-10-7(9)5(2)11-6(3)8/h5H,4H2,1-3H3. The number of carbonyl (C=O) groups is 2. The molecular formula is C7H12O4. The molecule has 0 fully saturated rings. The molecule has 11 heavy (non-hydrogen) atoms. The molecule has 0 aromatic heterocycles. The molecule has 0 rings (SSSR count). The van der Waals surface area contributed by atoms with Crippen LogP contribution in [-0.2, 0) is 19.1 Å². The Labute approximate surface area is 65.5 Å². The van der Waals surface area contributed by atoms with Gasteiger partial charge in [0.25, 0.3) is 0 Å². The molecule has 4 nitrogen and oxygen atoms in total. The molecule has 0 saturated heterocycles. The molecule has 0 spiro atoms. The topological polar surface area (TPSA) is 52.6 Å². The van der Waals surface area contributed by atoms with Gasteiger partial charge in [0, 0.05) is 6.92 Å². The van der Waals surface area contributed by atoms with Gasteiger partial charge in [-0.15, -0.1) is 0 Å². The molecular weight excluding hydrogens is 148 g/mol. The molecule has 0 aliphatic carbocycles. The van der Waals surface area contributed by atoms with Crippen LogP contribution in [0.2, 0.25) is 0 Å². The third-order valence-electron chi connectivity index (χ3n) is 0.961. The van der Waals surface area contributed by atoms with Gasteiger partial charge in [-0.05, 0) is 13.8 Å². The van der Waals surface area contributed by atoms with E-state index in [9.17, 15) is 9.59 Å². The molecule has 4 heteroatoms. The highest BCUT2D eigenvalue weighted by Crippen LogP contribution is 1.94. The van der Waals surface area contributed by atoms with Gasteiger partial charge in [0.2, 0.25) is 0 Å². The van der Waals surface area contributed by atoms with Gasteiger partial charge in [0.15, 0.2) is 6.10 Å². The zero-order valence-electron chi connectivity index (χ0n) is 6.92. The van der Waals surface area contributed by atoms with E-state index < -0.39 is 18.0 Å². The lowest BCUT2D eigenvalue weighted by molar-refractivity contribution is -0.164. The average Bonchev–Trinajstić information content (AvgIpc) is 1.86. The van der Waals surface area contributed by atoms with Crippen LogP contribution in [0.1, 0.15) is 20.8 Å². The van der Waals surface area contributed by atoms with Crippen molar-refractivity contribution in [3.63, 3.8) is 0 Å². The van der Waals surface area contributed by atoms with Gasteiger partial charge in [-0.1, -0.05) is 0 Å². The zero-order chi connectivity index (χ0) is 8.85. The molecule has 0 aliphatic rings. The molecule has 0 radical (unpaired) electrons. The number of hydrogen-bond acceptors (Lipinski definition) is 4. The molecule has 0 aromatic carbocycles. The van der Waals surface area contributed by atoms with E-state index >= 15 is 0 Å². The van der Waals surface area contributed by atoms with Gasteiger partial charge in [-0.25, -0.2) is 4.79 Å². The van der Waals surface area contributed by atoms with Gasteiger partial charge < -0.3 is 9.47 Å². The second-order valence-electron chi connectivity index (χ2n) is 2.00. The molecule has 0 N–H and O–H groups in total. The van der Waals surface area contributed by atoms with Crippen molar-refractivity contribution in [2.45, 2.75) is 26.9 Å². The first-order valence-corrected chi connectivity index (χ1v) is 3.41. The van der Waals surface area contributed by atoms with Crippen molar-refractivity contribution in [2.24, 2.45) is 0 Å². The Morgan fingerprint density at radius 3 is 2.36 bits per heavy atom. The molecule has 0 heterocycles. The van der Waals surface area contributed by atoms with Crippen LogP contribution < -0.4 is 0 Å².